The van der Waals surface area contributed by atoms with E-state index >= 15 is 0 Å². The van der Waals surface area contributed by atoms with Crippen LogP contribution < -0.4 is 5.32 Å². The molecule has 0 spiro atoms. The van der Waals surface area contributed by atoms with Gasteiger partial charge in [0.25, 0.3) is 0 Å². The number of aliphatic hydroxyl groups excluding tert-OH is 1. The van der Waals surface area contributed by atoms with Crippen molar-refractivity contribution in [2.24, 2.45) is 0 Å². The lowest BCUT2D eigenvalue weighted by atomic mass is 10.1. The Hall–Kier alpha value is -1.84. The fraction of sp³-hybridized carbons (Fsp3) is 0.111. The summed E-state index contributed by atoms with van der Waals surface area (Å²) in [6.07, 6.45) is -0.520. The highest BCUT2D eigenvalue weighted by Crippen LogP contribution is 2.30. The Morgan fingerprint density at radius 2 is 1.52 bits per heavy atom. The summed E-state index contributed by atoms with van der Waals surface area (Å²) in [6.45, 7) is 0.482. The van der Waals surface area contributed by atoms with E-state index in [1.165, 1.54) is 0 Å². The Labute approximate surface area is 132 Å². The molecule has 0 fully saturated rings. The summed E-state index contributed by atoms with van der Waals surface area (Å²) in [6, 6.07) is 22.0. The third kappa shape index (κ3) is 3.09. The molecule has 1 unspecified atom stereocenters. The van der Waals surface area contributed by atoms with Crippen molar-refractivity contribution in [3.05, 3.63) is 76.8 Å². The lowest BCUT2D eigenvalue weighted by Crippen LogP contribution is -2.12. The van der Waals surface area contributed by atoms with Crippen molar-refractivity contribution >= 4 is 32.4 Å². The van der Waals surface area contributed by atoms with Gasteiger partial charge in [-0.05, 0) is 23.1 Å². The molecule has 0 bridgehead atoms. The highest BCUT2D eigenvalue weighted by atomic mass is 79.9. The van der Waals surface area contributed by atoms with Gasteiger partial charge in [-0.1, -0.05) is 70.5 Å². The first-order valence-electron chi connectivity index (χ1n) is 6.90. The molecular weight excluding hydrogens is 326 g/mol. The lowest BCUT2D eigenvalue weighted by Gasteiger charge is -2.15. The molecule has 2 N–H and O–H groups in total. The summed E-state index contributed by atoms with van der Waals surface area (Å²) in [4.78, 5) is 0. The highest BCUT2D eigenvalue weighted by Gasteiger charge is 2.08. The molecule has 3 aromatic carbocycles. The van der Waals surface area contributed by atoms with Crippen molar-refractivity contribution in [1.82, 2.24) is 0 Å². The van der Waals surface area contributed by atoms with Crippen molar-refractivity contribution in [1.29, 1.82) is 0 Å². The normalized spacial score (nSPS) is 12.3. The molecule has 0 amide bonds. The number of hydrogen-bond donors (Lipinski definition) is 2. The molecule has 2 nitrogen and oxygen atoms in total. The Morgan fingerprint density at radius 1 is 0.857 bits per heavy atom. The third-order valence-electron chi connectivity index (χ3n) is 3.54. The van der Waals surface area contributed by atoms with Crippen LogP contribution in [0.25, 0.3) is 10.8 Å². The number of anilines is 1. The number of fused-ring (bicyclic) bond motifs is 1. The van der Waals surface area contributed by atoms with E-state index in [1.807, 2.05) is 54.6 Å². The van der Waals surface area contributed by atoms with E-state index in [-0.39, 0.29) is 0 Å². The monoisotopic (exact) mass is 341 g/mol. The molecule has 21 heavy (non-hydrogen) atoms. The fourth-order valence-electron chi connectivity index (χ4n) is 2.42. The molecule has 0 saturated carbocycles. The maximum atomic E-state index is 10.2. The van der Waals surface area contributed by atoms with Crippen LogP contribution in [0.2, 0.25) is 0 Å². The van der Waals surface area contributed by atoms with Gasteiger partial charge in [0.2, 0.25) is 0 Å². The minimum atomic E-state index is -0.520. The summed E-state index contributed by atoms with van der Waals surface area (Å²) in [5.41, 5.74) is 1.95. The van der Waals surface area contributed by atoms with E-state index in [9.17, 15) is 5.11 Å². The maximum absolute atomic E-state index is 10.2. The van der Waals surface area contributed by atoms with Gasteiger partial charge in [0.15, 0.2) is 0 Å². The maximum Gasteiger partial charge on any atom is 0.0962 e. The Bertz CT molecular complexity index is 743. The number of nitrogens with one attached hydrogen (secondary N) is 1. The van der Waals surface area contributed by atoms with Crippen molar-refractivity contribution < 1.29 is 5.11 Å². The smallest absolute Gasteiger partial charge is 0.0962 e. The van der Waals surface area contributed by atoms with Crippen molar-refractivity contribution in [3.63, 3.8) is 0 Å². The average Bonchev–Trinajstić information content (AvgIpc) is 2.55. The Balaban J connectivity index is 1.81. The second-order valence-corrected chi connectivity index (χ2v) is 5.80. The standard InChI is InChI=1S/C18H16BrNO/c19-16-10-11-17(15-9-5-4-8-14(15)16)20-12-18(21)13-6-2-1-3-7-13/h1-11,18,20-21H,12H2. The Morgan fingerprint density at radius 3 is 2.29 bits per heavy atom. The van der Waals surface area contributed by atoms with Crippen molar-refractivity contribution in [3.8, 4) is 0 Å². The SMILES string of the molecule is OC(CNc1ccc(Br)c2ccccc12)c1ccccc1. The first kappa shape index (κ1) is 14.1. The second kappa shape index (κ2) is 6.29. The van der Waals surface area contributed by atoms with Gasteiger partial charge in [0.05, 0.1) is 6.10 Å². The molecule has 1 atom stereocenters. The van der Waals surface area contributed by atoms with Crippen LogP contribution in [0.5, 0.6) is 0 Å². The van der Waals surface area contributed by atoms with Crippen LogP contribution >= 0.6 is 15.9 Å². The minimum absolute atomic E-state index is 0.482. The molecule has 3 heteroatoms. The first-order valence-corrected chi connectivity index (χ1v) is 7.69. The molecule has 0 aliphatic heterocycles. The average molecular weight is 342 g/mol. The summed E-state index contributed by atoms with van der Waals surface area (Å²) in [5.74, 6) is 0. The largest absolute Gasteiger partial charge is 0.387 e. The lowest BCUT2D eigenvalue weighted by molar-refractivity contribution is 0.191. The van der Waals surface area contributed by atoms with E-state index in [1.54, 1.807) is 0 Å². The molecular formula is C18H16BrNO. The molecule has 0 saturated heterocycles. The van der Waals surface area contributed by atoms with Gasteiger partial charge in [-0.15, -0.1) is 0 Å². The molecule has 106 valence electrons. The quantitative estimate of drug-likeness (QED) is 0.717. The van der Waals surface area contributed by atoms with Gasteiger partial charge >= 0.3 is 0 Å². The third-order valence-corrected chi connectivity index (χ3v) is 4.23. The zero-order valence-electron chi connectivity index (χ0n) is 11.5. The fourth-order valence-corrected chi connectivity index (χ4v) is 2.89. The number of aliphatic hydroxyl groups is 1. The van der Waals surface area contributed by atoms with Crippen molar-refractivity contribution in [2.45, 2.75) is 6.10 Å². The van der Waals surface area contributed by atoms with Crippen LogP contribution in [0.3, 0.4) is 0 Å². The molecule has 0 radical (unpaired) electrons. The molecule has 3 rings (SSSR count). The predicted octanol–water partition coefficient (Wildman–Crippen LogP) is 4.75. The van der Waals surface area contributed by atoms with Gasteiger partial charge in [-0.2, -0.15) is 0 Å². The van der Waals surface area contributed by atoms with Crippen LogP contribution in [0.4, 0.5) is 5.69 Å². The number of rotatable bonds is 4. The van der Waals surface area contributed by atoms with E-state index in [0.717, 1.165) is 26.5 Å². The van der Waals surface area contributed by atoms with E-state index in [4.69, 9.17) is 0 Å². The number of benzene rings is 3. The van der Waals surface area contributed by atoms with Crippen LogP contribution in [0.15, 0.2) is 71.2 Å². The van der Waals surface area contributed by atoms with Gasteiger partial charge in [-0.25, -0.2) is 0 Å². The Kier molecular flexibility index (Phi) is 4.23. The molecule has 0 aliphatic rings. The van der Waals surface area contributed by atoms with Gasteiger partial charge in [0.1, 0.15) is 0 Å². The van der Waals surface area contributed by atoms with E-state index < -0.39 is 6.10 Å². The topological polar surface area (TPSA) is 32.3 Å². The van der Waals surface area contributed by atoms with Crippen LogP contribution in [0, 0.1) is 0 Å². The van der Waals surface area contributed by atoms with Gasteiger partial charge in [0, 0.05) is 22.1 Å². The highest BCUT2D eigenvalue weighted by molar-refractivity contribution is 9.10. The zero-order valence-corrected chi connectivity index (χ0v) is 13.0. The summed E-state index contributed by atoms with van der Waals surface area (Å²) < 4.78 is 1.08. The molecule has 0 aromatic heterocycles. The molecule has 0 aliphatic carbocycles. The van der Waals surface area contributed by atoms with Crippen LogP contribution in [-0.4, -0.2) is 11.7 Å². The molecule has 0 heterocycles. The number of hydrogen-bond acceptors (Lipinski definition) is 2. The van der Waals surface area contributed by atoms with Gasteiger partial charge in [-0.3, -0.25) is 0 Å². The predicted molar refractivity (Wildman–Crippen MR) is 91.5 cm³/mol. The number of halogens is 1. The van der Waals surface area contributed by atoms with Crippen LogP contribution in [-0.2, 0) is 0 Å². The summed E-state index contributed by atoms with van der Waals surface area (Å²) >= 11 is 3.57. The van der Waals surface area contributed by atoms with Crippen LogP contribution in [0.1, 0.15) is 11.7 Å². The van der Waals surface area contributed by atoms with Crippen molar-refractivity contribution in [2.75, 3.05) is 11.9 Å². The second-order valence-electron chi connectivity index (χ2n) is 4.95. The van der Waals surface area contributed by atoms with Gasteiger partial charge < -0.3 is 10.4 Å². The minimum Gasteiger partial charge on any atom is -0.387 e. The summed E-state index contributed by atoms with van der Waals surface area (Å²) in [5, 5.41) is 15.9. The van der Waals surface area contributed by atoms with E-state index in [0.29, 0.717) is 6.54 Å². The van der Waals surface area contributed by atoms with E-state index in [2.05, 4.69) is 33.4 Å². The molecule has 3 aromatic rings. The summed E-state index contributed by atoms with van der Waals surface area (Å²) in [7, 11) is 0. The first-order chi connectivity index (χ1) is 10.3. The zero-order chi connectivity index (χ0) is 14.7.